The van der Waals surface area contributed by atoms with Gasteiger partial charge in [-0.25, -0.2) is 0 Å². The molecule has 1 fully saturated rings. The van der Waals surface area contributed by atoms with E-state index in [1.807, 2.05) is 30.3 Å². The second kappa shape index (κ2) is 8.38. The van der Waals surface area contributed by atoms with E-state index in [0.29, 0.717) is 29.0 Å². The SMILES string of the molecule is CC(OS(=O)(=O)C(F)(F)F)=C1CC[C@@H](c2ccccc2)O[C@H]1c1ccc(Cl)cc1. The van der Waals surface area contributed by atoms with E-state index in [1.165, 1.54) is 6.92 Å². The smallest absolute Gasteiger partial charge is 0.381 e. The van der Waals surface area contributed by atoms with Crippen molar-refractivity contribution in [2.75, 3.05) is 0 Å². The van der Waals surface area contributed by atoms with Crippen molar-refractivity contribution < 1.29 is 30.5 Å². The molecule has 0 amide bonds. The second-order valence-corrected chi connectivity index (χ2v) is 8.54. The Morgan fingerprint density at radius 2 is 1.69 bits per heavy atom. The molecular formula is C20H18ClF3O4S. The van der Waals surface area contributed by atoms with Crippen LogP contribution < -0.4 is 0 Å². The van der Waals surface area contributed by atoms with Gasteiger partial charge in [0, 0.05) is 10.6 Å². The van der Waals surface area contributed by atoms with Gasteiger partial charge >= 0.3 is 15.6 Å². The number of benzene rings is 2. The zero-order chi connectivity index (χ0) is 21.2. The standard InChI is InChI=1S/C20H18ClF3O4S/c1-13(28-29(25,26)20(22,23)24)17-11-12-18(14-5-3-2-4-6-14)27-19(17)15-7-9-16(21)10-8-15/h2-10,18-19H,11-12H2,1H3/t18-,19-/m0/s1. The molecule has 0 saturated carbocycles. The lowest BCUT2D eigenvalue weighted by Gasteiger charge is -2.34. The van der Waals surface area contributed by atoms with Gasteiger partial charge in [0.05, 0.1) is 6.10 Å². The summed E-state index contributed by atoms with van der Waals surface area (Å²) in [6.07, 6.45) is -0.287. The van der Waals surface area contributed by atoms with Gasteiger partial charge in [-0.3, -0.25) is 0 Å². The first-order valence-electron chi connectivity index (χ1n) is 8.75. The number of alkyl halides is 3. The Balaban J connectivity index is 1.98. The van der Waals surface area contributed by atoms with E-state index in [1.54, 1.807) is 24.3 Å². The Labute approximate surface area is 172 Å². The van der Waals surface area contributed by atoms with Crippen LogP contribution in [0, 0.1) is 0 Å². The summed E-state index contributed by atoms with van der Waals surface area (Å²) < 4.78 is 71.6. The molecule has 2 aromatic carbocycles. The van der Waals surface area contributed by atoms with Crippen molar-refractivity contribution in [2.24, 2.45) is 0 Å². The molecule has 0 unspecified atom stereocenters. The molecule has 4 nitrogen and oxygen atoms in total. The summed E-state index contributed by atoms with van der Waals surface area (Å²) in [5.74, 6) is -0.339. The van der Waals surface area contributed by atoms with E-state index in [2.05, 4.69) is 4.18 Å². The summed E-state index contributed by atoms with van der Waals surface area (Å²) in [4.78, 5) is 0. The lowest BCUT2D eigenvalue weighted by atomic mass is 9.90. The fraction of sp³-hybridized carbons (Fsp3) is 0.300. The van der Waals surface area contributed by atoms with Crippen LogP contribution in [0.15, 0.2) is 65.9 Å². The summed E-state index contributed by atoms with van der Waals surface area (Å²) >= 11 is 5.93. The Kier molecular flexibility index (Phi) is 6.26. The van der Waals surface area contributed by atoms with Crippen LogP contribution in [0.5, 0.6) is 0 Å². The van der Waals surface area contributed by atoms with Crippen molar-refractivity contribution in [1.29, 1.82) is 0 Å². The summed E-state index contributed by atoms with van der Waals surface area (Å²) in [6, 6.07) is 16.0. The third-order valence-corrected chi connectivity index (χ3v) is 5.90. The van der Waals surface area contributed by atoms with Crippen LogP contribution in [-0.2, 0) is 19.0 Å². The molecule has 29 heavy (non-hydrogen) atoms. The van der Waals surface area contributed by atoms with E-state index in [4.69, 9.17) is 16.3 Å². The highest BCUT2D eigenvalue weighted by molar-refractivity contribution is 7.87. The van der Waals surface area contributed by atoms with Gasteiger partial charge in [-0.1, -0.05) is 54.1 Å². The normalized spacial score (nSPS) is 22.2. The van der Waals surface area contributed by atoms with Crippen molar-refractivity contribution in [1.82, 2.24) is 0 Å². The first kappa shape index (κ1) is 21.7. The number of hydrogen-bond donors (Lipinski definition) is 0. The molecule has 156 valence electrons. The van der Waals surface area contributed by atoms with Gasteiger partial charge in [-0.15, -0.1) is 0 Å². The quantitative estimate of drug-likeness (QED) is 0.325. The fourth-order valence-corrected chi connectivity index (χ4v) is 3.84. The van der Waals surface area contributed by atoms with Crippen molar-refractivity contribution in [3.05, 3.63) is 82.1 Å². The molecule has 3 rings (SSSR count). The maximum absolute atomic E-state index is 12.7. The Morgan fingerprint density at radius 3 is 2.28 bits per heavy atom. The largest absolute Gasteiger partial charge is 0.534 e. The molecule has 0 spiro atoms. The number of halogens is 4. The highest BCUT2D eigenvalue weighted by atomic mass is 35.5. The molecule has 1 aliphatic rings. The van der Waals surface area contributed by atoms with Gasteiger partial charge < -0.3 is 8.92 Å². The number of rotatable bonds is 4. The van der Waals surface area contributed by atoms with Crippen molar-refractivity contribution in [3.63, 3.8) is 0 Å². The first-order valence-corrected chi connectivity index (χ1v) is 10.5. The van der Waals surface area contributed by atoms with Crippen LogP contribution in [0.3, 0.4) is 0 Å². The van der Waals surface area contributed by atoms with Crippen LogP contribution >= 0.6 is 11.6 Å². The van der Waals surface area contributed by atoms with Gasteiger partial charge in [0.15, 0.2) is 0 Å². The minimum absolute atomic E-state index is 0.298. The third kappa shape index (κ3) is 4.94. The maximum Gasteiger partial charge on any atom is 0.534 e. The molecule has 1 aliphatic heterocycles. The zero-order valence-electron chi connectivity index (χ0n) is 15.3. The van der Waals surface area contributed by atoms with E-state index >= 15 is 0 Å². The lowest BCUT2D eigenvalue weighted by Crippen LogP contribution is -2.26. The fourth-order valence-electron chi connectivity index (χ4n) is 3.19. The summed E-state index contributed by atoms with van der Waals surface area (Å²) in [7, 11) is -5.76. The predicted octanol–water partition coefficient (Wildman–Crippen LogP) is 6.07. The number of ether oxygens (including phenoxy) is 1. The zero-order valence-corrected chi connectivity index (χ0v) is 16.9. The Morgan fingerprint density at radius 1 is 1.07 bits per heavy atom. The topological polar surface area (TPSA) is 52.6 Å². The van der Waals surface area contributed by atoms with Crippen molar-refractivity contribution in [3.8, 4) is 0 Å². The van der Waals surface area contributed by atoms with Crippen molar-refractivity contribution >= 4 is 21.7 Å². The highest BCUT2D eigenvalue weighted by Crippen LogP contribution is 2.44. The molecule has 1 saturated heterocycles. The van der Waals surface area contributed by atoms with Crippen molar-refractivity contribution in [2.45, 2.75) is 37.5 Å². The molecule has 0 aromatic heterocycles. The maximum atomic E-state index is 12.7. The van der Waals surface area contributed by atoms with Crippen LogP contribution in [0.25, 0.3) is 0 Å². The van der Waals surface area contributed by atoms with Gasteiger partial charge in [0.25, 0.3) is 0 Å². The Bertz CT molecular complexity index is 987. The van der Waals surface area contributed by atoms with Gasteiger partial charge in [0.1, 0.15) is 11.9 Å². The molecule has 0 bridgehead atoms. The van der Waals surface area contributed by atoms with E-state index < -0.39 is 21.7 Å². The monoisotopic (exact) mass is 446 g/mol. The minimum Gasteiger partial charge on any atom is -0.381 e. The van der Waals surface area contributed by atoms with E-state index in [9.17, 15) is 21.6 Å². The average molecular weight is 447 g/mol. The van der Waals surface area contributed by atoms with Crippen LogP contribution in [0.1, 0.15) is 43.1 Å². The second-order valence-electron chi connectivity index (χ2n) is 6.57. The highest BCUT2D eigenvalue weighted by Gasteiger charge is 2.49. The van der Waals surface area contributed by atoms with Crippen LogP contribution in [0.4, 0.5) is 13.2 Å². The van der Waals surface area contributed by atoms with E-state index in [0.717, 1.165) is 5.56 Å². The molecular weight excluding hydrogens is 429 g/mol. The first-order chi connectivity index (χ1) is 13.6. The number of allylic oxidation sites excluding steroid dienone is 1. The molecule has 0 N–H and O–H groups in total. The molecule has 0 aliphatic carbocycles. The van der Waals surface area contributed by atoms with E-state index in [-0.39, 0.29) is 11.9 Å². The number of hydrogen-bond acceptors (Lipinski definition) is 4. The molecule has 2 aromatic rings. The van der Waals surface area contributed by atoms with Gasteiger partial charge in [-0.2, -0.15) is 21.6 Å². The molecule has 9 heteroatoms. The predicted molar refractivity (Wildman–Crippen MR) is 102 cm³/mol. The van der Waals surface area contributed by atoms with Gasteiger partial charge in [-0.05, 0) is 43.0 Å². The summed E-state index contributed by atoms with van der Waals surface area (Å²) in [6.45, 7) is 1.20. The molecule has 1 heterocycles. The minimum atomic E-state index is -5.76. The summed E-state index contributed by atoms with van der Waals surface area (Å²) in [5, 5.41) is 0.488. The van der Waals surface area contributed by atoms with Gasteiger partial charge in [0.2, 0.25) is 0 Å². The van der Waals surface area contributed by atoms with Crippen LogP contribution in [0.2, 0.25) is 5.02 Å². The summed E-state index contributed by atoms with van der Waals surface area (Å²) in [5.41, 5.74) is -3.61. The third-order valence-electron chi connectivity index (χ3n) is 4.61. The average Bonchev–Trinajstić information content (AvgIpc) is 2.67. The van der Waals surface area contributed by atoms with Crippen LogP contribution in [-0.4, -0.2) is 13.9 Å². The molecule has 0 radical (unpaired) electrons. The Hall–Kier alpha value is -2.03. The lowest BCUT2D eigenvalue weighted by molar-refractivity contribution is -0.0530. The molecule has 2 atom stereocenters.